The normalized spacial score (nSPS) is 9.17. The molecule has 0 aliphatic carbocycles. The van der Waals surface area contributed by atoms with Crippen LogP contribution in [0, 0.1) is 12.3 Å². The lowest BCUT2D eigenvalue weighted by Crippen LogP contribution is -2.13. The number of benzene rings is 1. The summed E-state index contributed by atoms with van der Waals surface area (Å²) in [6, 6.07) is 2.69. The summed E-state index contributed by atoms with van der Waals surface area (Å²) in [5, 5.41) is 0. The van der Waals surface area contributed by atoms with Gasteiger partial charge in [-0.15, -0.1) is 6.42 Å². The summed E-state index contributed by atoms with van der Waals surface area (Å²) in [6.07, 6.45) is 4.79. The molecule has 0 radical (unpaired) electrons. The Morgan fingerprint density at radius 2 is 1.78 bits per heavy atom. The average Bonchev–Trinajstić information content (AvgIpc) is 2.37. The maximum absolute atomic E-state index is 11.6. The average molecular weight is 249 g/mol. The molecule has 6 nitrogen and oxygen atoms in total. The highest BCUT2D eigenvalue weighted by atomic mass is 16.6. The van der Waals surface area contributed by atoms with Crippen molar-refractivity contribution in [3.05, 3.63) is 17.7 Å². The fraction of sp³-hybridized carbons (Fsp3) is 0.167. The smallest absolute Gasteiger partial charge is 0.391 e. The molecular weight excluding hydrogens is 238 g/mol. The van der Waals surface area contributed by atoms with Crippen LogP contribution in [0.1, 0.15) is 10.4 Å². The van der Waals surface area contributed by atoms with Gasteiger partial charge in [0.1, 0.15) is 0 Å². The van der Waals surface area contributed by atoms with Gasteiger partial charge in [0.15, 0.2) is 11.5 Å². The van der Waals surface area contributed by atoms with Gasteiger partial charge in [-0.05, 0) is 0 Å². The first-order valence-electron chi connectivity index (χ1n) is 4.77. The van der Waals surface area contributed by atoms with Crippen LogP contribution in [-0.4, -0.2) is 26.2 Å². The lowest BCUT2D eigenvalue weighted by atomic mass is 10.1. The van der Waals surface area contributed by atoms with E-state index in [0.717, 1.165) is 0 Å². The molecule has 1 aromatic rings. The van der Waals surface area contributed by atoms with Crippen LogP contribution >= 0.6 is 0 Å². The van der Waals surface area contributed by atoms with Crippen molar-refractivity contribution in [1.29, 1.82) is 0 Å². The minimum atomic E-state index is -1.09. The van der Waals surface area contributed by atoms with Crippen LogP contribution in [0.4, 0.5) is 5.69 Å². The van der Waals surface area contributed by atoms with E-state index in [4.69, 9.17) is 21.6 Å². The van der Waals surface area contributed by atoms with Crippen molar-refractivity contribution in [2.75, 3.05) is 20.0 Å². The fourth-order valence-corrected chi connectivity index (χ4v) is 1.24. The first kappa shape index (κ1) is 13.4. The van der Waals surface area contributed by atoms with Gasteiger partial charge in [-0.1, -0.05) is 0 Å². The standard InChI is InChI=1S/C12H11NO5/c1-4-11(14)18-12(15)7-5-9(16-2)10(17-3)6-8(7)13/h1,5-6H,13H2,2-3H3. The van der Waals surface area contributed by atoms with E-state index in [1.54, 1.807) is 5.92 Å². The van der Waals surface area contributed by atoms with Crippen molar-refractivity contribution < 1.29 is 23.8 Å². The van der Waals surface area contributed by atoms with Gasteiger partial charge in [0, 0.05) is 18.1 Å². The van der Waals surface area contributed by atoms with Gasteiger partial charge in [0.25, 0.3) is 0 Å². The van der Waals surface area contributed by atoms with Crippen LogP contribution in [0.25, 0.3) is 0 Å². The van der Waals surface area contributed by atoms with Crippen LogP contribution in [0.15, 0.2) is 12.1 Å². The Bertz CT molecular complexity index is 530. The number of nitrogens with two attached hydrogens (primary N) is 1. The zero-order chi connectivity index (χ0) is 13.7. The van der Waals surface area contributed by atoms with E-state index in [1.807, 2.05) is 0 Å². The Morgan fingerprint density at radius 1 is 1.22 bits per heavy atom. The van der Waals surface area contributed by atoms with Crippen LogP contribution in [0.2, 0.25) is 0 Å². The number of hydrogen-bond acceptors (Lipinski definition) is 6. The lowest BCUT2D eigenvalue weighted by Gasteiger charge is -2.11. The second-order valence-corrected chi connectivity index (χ2v) is 3.12. The number of ether oxygens (including phenoxy) is 3. The molecule has 0 aromatic heterocycles. The Labute approximate surface area is 104 Å². The van der Waals surface area contributed by atoms with Crippen LogP contribution < -0.4 is 15.2 Å². The molecule has 6 heteroatoms. The highest BCUT2D eigenvalue weighted by Crippen LogP contribution is 2.32. The van der Waals surface area contributed by atoms with Gasteiger partial charge < -0.3 is 19.9 Å². The summed E-state index contributed by atoms with van der Waals surface area (Å²) >= 11 is 0. The summed E-state index contributed by atoms with van der Waals surface area (Å²) in [5.74, 6) is 0.261. The number of carbonyl (C=O) groups excluding carboxylic acids is 2. The van der Waals surface area contributed by atoms with Crippen molar-refractivity contribution in [2.45, 2.75) is 0 Å². The molecule has 0 fully saturated rings. The topological polar surface area (TPSA) is 87.9 Å². The van der Waals surface area contributed by atoms with E-state index in [0.29, 0.717) is 5.75 Å². The summed E-state index contributed by atoms with van der Waals surface area (Å²) in [5.41, 5.74) is 5.69. The molecule has 0 saturated carbocycles. The van der Waals surface area contributed by atoms with E-state index in [9.17, 15) is 9.59 Å². The maximum Gasteiger partial charge on any atom is 0.391 e. The van der Waals surface area contributed by atoms with Gasteiger partial charge in [0.2, 0.25) is 0 Å². The first-order valence-corrected chi connectivity index (χ1v) is 4.77. The Kier molecular flexibility index (Phi) is 4.16. The molecule has 94 valence electrons. The molecule has 0 atom stereocenters. The van der Waals surface area contributed by atoms with Crippen molar-refractivity contribution in [3.63, 3.8) is 0 Å². The van der Waals surface area contributed by atoms with E-state index in [2.05, 4.69) is 4.74 Å². The van der Waals surface area contributed by atoms with Gasteiger partial charge in [0.05, 0.1) is 25.5 Å². The van der Waals surface area contributed by atoms with Crippen molar-refractivity contribution in [2.24, 2.45) is 0 Å². The number of rotatable bonds is 3. The molecule has 1 rings (SSSR count). The lowest BCUT2D eigenvalue weighted by molar-refractivity contribution is -0.131. The highest BCUT2D eigenvalue weighted by molar-refractivity contribution is 6.05. The monoisotopic (exact) mass is 249 g/mol. The first-order chi connectivity index (χ1) is 8.53. The summed E-state index contributed by atoms with van der Waals surface area (Å²) < 4.78 is 14.3. The molecule has 0 bridgehead atoms. The second-order valence-electron chi connectivity index (χ2n) is 3.12. The van der Waals surface area contributed by atoms with Crippen LogP contribution in [0.3, 0.4) is 0 Å². The molecule has 2 N–H and O–H groups in total. The predicted octanol–water partition coefficient (Wildman–Crippen LogP) is 0.603. The molecule has 0 heterocycles. The van der Waals surface area contributed by atoms with E-state index in [1.165, 1.54) is 26.4 Å². The Hall–Kier alpha value is -2.68. The predicted molar refractivity (Wildman–Crippen MR) is 63.2 cm³/mol. The molecule has 0 aliphatic heterocycles. The maximum atomic E-state index is 11.6. The number of hydrogen-bond donors (Lipinski definition) is 1. The van der Waals surface area contributed by atoms with Gasteiger partial charge in [-0.2, -0.15) is 0 Å². The molecule has 0 spiro atoms. The molecule has 0 aliphatic rings. The van der Waals surface area contributed by atoms with E-state index >= 15 is 0 Å². The van der Waals surface area contributed by atoms with Crippen molar-refractivity contribution >= 4 is 17.6 Å². The molecule has 0 saturated heterocycles. The van der Waals surface area contributed by atoms with Gasteiger partial charge in [-0.3, -0.25) is 0 Å². The molecule has 18 heavy (non-hydrogen) atoms. The van der Waals surface area contributed by atoms with E-state index in [-0.39, 0.29) is 17.0 Å². The third-order valence-corrected chi connectivity index (χ3v) is 2.08. The third kappa shape index (κ3) is 2.71. The second kappa shape index (κ2) is 5.59. The highest BCUT2D eigenvalue weighted by Gasteiger charge is 2.18. The van der Waals surface area contributed by atoms with Gasteiger partial charge in [-0.25, -0.2) is 9.59 Å². The van der Waals surface area contributed by atoms with E-state index < -0.39 is 11.9 Å². The zero-order valence-corrected chi connectivity index (χ0v) is 9.85. The number of methoxy groups -OCH3 is 2. The molecule has 0 unspecified atom stereocenters. The molecule has 0 amide bonds. The molecular formula is C12H11NO5. The zero-order valence-electron chi connectivity index (χ0n) is 9.85. The van der Waals surface area contributed by atoms with Crippen molar-refractivity contribution in [3.8, 4) is 23.8 Å². The minimum absolute atomic E-state index is 0.0312. The number of terminal acetylenes is 1. The quantitative estimate of drug-likeness (QED) is 0.277. The summed E-state index contributed by atoms with van der Waals surface area (Å²) in [4.78, 5) is 22.4. The fourth-order valence-electron chi connectivity index (χ4n) is 1.24. The minimum Gasteiger partial charge on any atom is -0.493 e. The number of anilines is 1. The number of esters is 2. The number of nitrogen functional groups attached to an aromatic ring is 1. The van der Waals surface area contributed by atoms with Crippen LogP contribution in [-0.2, 0) is 9.53 Å². The Morgan fingerprint density at radius 3 is 2.28 bits per heavy atom. The van der Waals surface area contributed by atoms with Crippen LogP contribution in [0.5, 0.6) is 11.5 Å². The molecule has 1 aromatic carbocycles. The third-order valence-electron chi connectivity index (χ3n) is 2.08. The van der Waals surface area contributed by atoms with Crippen molar-refractivity contribution in [1.82, 2.24) is 0 Å². The summed E-state index contributed by atoms with van der Waals surface area (Å²) in [7, 11) is 2.83. The Balaban J connectivity index is 3.14. The number of carbonyl (C=O) groups is 2. The summed E-state index contributed by atoms with van der Waals surface area (Å²) in [6.45, 7) is 0. The largest absolute Gasteiger partial charge is 0.493 e. The SMILES string of the molecule is C#CC(=O)OC(=O)c1cc(OC)c(OC)cc1N. The van der Waals surface area contributed by atoms with Gasteiger partial charge >= 0.3 is 11.9 Å².